The second kappa shape index (κ2) is 8.85. The van der Waals surface area contributed by atoms with Crippen molar-refractivity contribution in [3.05, 3.63) is 59.5 Å². The van der Waals surface area contributed by atoms with Crippen LogP contribution in [0.15, 0.2) is 58.8 Å². The zero-order valence-electron chi connectivity index (χ0n) is 14.7. The maximum Gasteiger partial charge on any atom is 0.573 e. The van der Waals surface area contributed by atoms with Crippen LogP contribution >= 0.6 is 11.8 Å². The second-order valence-corrected chi connectivity index (χ2v) is 6.98. The number of halogens is 3. The van der Waals surface area contributed by atoms with Gasteiger partial charge in [-0.15, -0.1) is 13.2 Å². The van der Waals surface area contributed by atoms with E-state index >= 15 is 0 Å². The van der Waals surface area contributed by atoms with Gasteiger partial charge in [0.25, 0.3) is 5.91 Å². The maximum atomic E-state index is 12.1. The Morgan fingerprint density at radius 1 is 1.15 bits per heavy atom. The minimum Gasteiger partial charge on any atom is -0.484 e. The van der Waals surface area contributed by atoms with Gasteiger partial charge in [0, 0.05) is 10.6 Å². The zero-order valence-corrected chi connectivity index (χ0v) is 15.5. The maximum absolute atomic E-state index is 12.1. The molecule has 2 rings (SSSR count). The van der Waals surface area contributed by atoms with Crippen molar-refractivity contribution in [3.63, 3.8) is 0 Å². The molecule has 0 bridgehead atoms. The molecule has 0 aliphatic rings. The minimum atomic E-state index is -4.75. The molecule has 0 fully saturated rings. The summed E-state index contributed by atoms with van der Waals surface area (Å²) in [4.78, 5) is 14.0. The van der Waals surface area contributed by atoms with Gasteiger partial charge >= 0.3 is 6.36 Å². The number of thioether (sulfide) groups is 1. The van der Waals surface area contributed by atoms with Gasteiger partial charge in [-0.25, -0.2) is 0 Å². The van der Waals surface area contributed by atoms with Crippen LogP contribution in [-0.2, 0) is 4.79 Å². The summed E-state index contributed by atoms with van der Waals surface area (Å²) in [7, 11) is 0. The van der Waals surface area contributed by atoms with Crippen molar-refractivity contribution in [2.75, 3.05) is 11.9 Å². The lowest BCUT2D eigenvalue weighted by molar-refractivity contribution is -0.274. The summed E-state index contributed by atoms with van der Waals surface area (Å²) in [5.41, 5.74) is 1.34. The van der Waals surface area contributed by atoms with Gasteiger partial charge in [-0.05, 0) is 66.8 Å². The van der Waals surface area contributed by atoms with Crippen LogP contribution in [0.2, 0.25) is 0 Å². The van der Waals surface area contributed by atoms with Crippen molar-refractivity contribution in [1.29, 1.82) is 0 Å². The van der Waals surface area contributed by atoms with Crippen LogP contribution < -0.4 is 14.8 Å². The monoisotopic (exact) mass is 397 g/mol. The molecule has 0 aliphatic heterocycles. The van der Waals surface area contributed by atoms with Gasteiger partial charge in [-0.3, -0.25) is 4.79 Å². The van der Waals surface area contributed by atoms with E-state index in [0.717, 1.165) is 27.5 Å². The SMILES string of the molecule is C=C(C)Sc1ccc(OCC(=O)Nc2ccc(OC(F)(F)F)cc2)cc1C. The summed E-state index contributed by atoms with van der Waals surface area (Å²) in [5.74, 6) is -0.250. The van der Waals surface area contributed by atoms with Gasteiger partial charge < -0.3 is 14.8 Å². The molecule has 0 aliphatic carbocycles. The van der Waals surface area contributed by atoms with E-state index < -0.39 is 12.3 Å². The molecule has 144 valence electrons. The Morgan fingerprint density at radius 3 is 2.33 bits per heavy atom. The number of allylic oxidation sites excluding steroid dienone is 1. The number of benzene rings is 2. The molecule has 8 heteroatoms. The molecule has 0 radical (unpaired) electrons. The summed E-state index contributed by atoms with van der Waals surface area (Å²) >= 11 is 1.55. The third kappa shape index (κ3) is 7.26. The van der Waals surface area contributed by atoms with E-state index in [-0.39, 0.29) is 12.4 Å². The third-order valence-corrected chi connectivity index (χ3v) is 4.20. The molecule has 0 aromatic heterocycles. The topological polar surface area (TPSA) is 47.6 Å². The molecule has 0 atom stereocenters. The number of carbonyl (C=O) groups is 1. The molecule has 27 heavy (non-hydrogen) atoms. The molecule has 0 saturated heterocycles. The van der Waals surface area contributed by atoms with Crippen molar-refractivity contribution in [2.45, 2.75) is 25.1 Å². The van der Waals surface area contributed by atoms with Crippen molar-refractivity contribution in [3.8, 4) is 11.5 Å². The molecule has 0 saturated carbocycles. The first-order valence-corrected chi connectivity index (χ1v) is 8.66. The van der Waals surface area contributed by atoms with Crippen LogP contribution in [0.5, 0.6) is 11.5 Å². The van der Waals surface area contributed by atoms with E-state index in [0.29, 0.717) is 11.4 Å². The Kier molecular flexibility index (Phi) is 6.79. The van der Waals surface area contributed by atoms with Gasteiger partial charge in [-0.1, -0.05) is 18.3 Å². The van der Waals surface area contributed by atoms with Crippen molar-refractivity contribution in [1.82, 2.24) is 0 Å². The molecular formula is C19H18F3NO3S. The number of alkyl halides is 3. The number of ether oxygens (including phenoxy) is 2. The average Bonchev–Trinajstić information content (AvgIpc) is 2.55. The fourth-order valence-electron chi connectivity index (χ4n) is 2.10. The zero-order chi connectivity index (χ0) is 20.0. The van der Waals surface area contributed by atoms with Gasteiger partial charge in [-0.2, -0.15) is 0 Å². The van der Waals surface area contributed by atoms with Gasteiger partial charge in [0.15, 0.2) is 6.61 Å². The highest BCUT2D eigenvalue weighted by atomic mass is 32.2. The molecule has 0 heterocycles. The van der Waals surface area contributed by atoms with Gasteiger partial charge in [0.05, 0.1) is 0 Å². The summed E-state index contributed by atoms with van der Waals surface area (Å²) in [6.07, 6.45) is -4.75. The third-order valence-electron chi connectivity index (χ3n) is 3.17. The molecule has 2 aromatic rings. The normalized spacial score (nSPS) is 11.0. The van der Waals surface area contributed by atoms with Crippen LogP contribution in [0.1, 0.15) is 12.5 Å². The first kappa shape index (κ1) is 20.7. The number of nitrogens with one attached hydrogen (secondary N) is 1. The van der Waals surface area contributed by atoms with E-state index in [1.807, 2.05) is 26.0 Å². The molecule has 0 spiro atoms. The molecule has 1 amide bonds. The van der Waals surface area contributed by atoms with Gasteiger partial charge in [0.2, 0.25) is 0 Å². The van der Waals surface area contributed by atoms with Crippen LogP contribution in [0.25, 0.3) is 0 Å². The summed E-state index contributed by atoms with van der Waals surface area (Å²) < 4.78 is 45.6. The number of aryl methyl sites for hydroxylation is 1. The molecule has 0 unspecified atom stereocenters. The van der Waals surface area contributed by atoms with Crippen molar-refractivity contribution in [2.24, 2.45) is 0 Å². The van der Waals surface area contributed by atoms with Crippen molar-refractivity contribution < 1.29 is 27.4 Å². The number of anilines is 1. The van der Waals surface area contributed by atoms with Crippen LogP contribution in [-0.4, -0.2) is 18.9 Å². The number of rotatable bonds is 7. The highest BCUT2D eigenvalue weighted by molar-refractivity contribution is 8.03. The second-order valence-electron chi connectivity index (χ2n) is 5.64. The lowest BCUT2D eigenvalue weighted by Crippen LogP contribution is -2.20. The van der Waals surface area contributed by atoms with Crippen molar-refractivity contribution >= 4 is 23.4 Å². The summed E-state index contributed by atoms with van der Waals surface area (Å²) in [6, 6.07) is 10.3. The highest BCUT2D eigenvalue weighted by Gasteiger charge is 2.30. The first-order valence-electron chi connectivity index (χ1n) is 7.85. The summed E-state index contributed by atoms with van der Waals surface area (Å²) in [5, 5.41) is 2.54. The van der Waals surface area contributed by atoms with Crippen LogP contribution in [0, 0.1) is 6.92 Å². The molecule has 4 nitrogen and oxygen atoms in total. The molecule has 1 N–H and O–H groups in total. The average molecular weight is 397 g/mol. The van der Waals surface area contributed by atoms with Crippen LogP contribution in [0.3, 0.4) is 0 Å². The molecule has 2 aromatic carbocycles. The van der Waals surface area contributed by atoms with Crippen LogP contribution in [0.4, 0.5) is 18.9 Å². The quantitative estimate of drug-likeness (QED) is 0.624. The van der Waals surface area contributed by atoms with Gasteiger partial charge in [0.1, 0.15) is 11.5 Å². The van der Waals surface area contributed by atoms with E-state index in [9.17, 15) is 18.0 Å². The Hall–Kier alpha value is -2.61. The number of carbonyl (C=O) groups excluding carboxylic acids is 1. The Labute approximate surface area is 159 Å². The van der Waals surface area contributed by atoms with E-state index in [2.05, 4.69) is 16.6 Å². The largest absolute Gasteiger partial charge is 0.573 e. The lowest BCUT2D eigenvalue weighted by Gasteiger charge is -2.11. The fraction of sp³-hybridized carbons (Fsp3) is 0.211. The number of hydrogen-bond donors (Lipinski definition) is 1. The highest BCUT2D eigenvalue weighted by Crippen LogP contribution is 2.30. The smallest absolute Gasteiger partial charge is 0.484 e. The van der Waals surface area contributed by atoms with E-state index in [1.54, 1.807) is 17.8 Å². The Bertz CT molecular complexity index is 820. The number of hydrogen-bond acceptors (Lipinski definition) is 4. The minimum absolute atomic E-state index is 0.229. The Morgan fingerprint density at radius 2 is 1.78 bits per heavy atom. The van der Waals surface area contributed by atoms with E-state index in [4.69, 9.17) is 4.74 Å². The predicted octanol–water partition coefficient (Wildman–Crippen LogP) is 5.54. The summed E-state index contributed by atoms with van der Waals surface area (Å²) in [6.45, 7) is 7.47. The lowest BCUT2D eigenvalue weighted by atomic mass is 10.2. The fourth-order valence-corrected chi connectivity index (χ4v) is 2.83. The number of amides is 1. The first-order chi connectivity index (χ1) is 12.6. The molecular weight excluding hydrogens is 379 g/mol. The Balaban J connectivity index is 1.87. The predicted molar refractivity (Wildman–Crippen MR) is 99.1 cm³/mol. The standard InChI is InChI=1S/C19H18F3NO3S/c1-12(2)27-17-9-8-16(10-13(17)3)25-11-18(24)23-14-4-6-15(7-5-14)26-19(20,21)22/h4-10H,1,11H2,2-3H3,(H,23,24). The van der Waals surface area contributed by atoms with E-state index in [1.165, 1.54) is 12.1 Å².